The van der Waals surface area contributed by atoms with Crippen LogP contribution in [0, 0.1) is 11.7 Å². The van der Waals surface area contributed by atoms with Crippen LogP contribution in [0.1, 0.15) is 30.7 Å². The summed E-state index contributed by atoms with van der Waals surface area (Å²) in [7, 11) is 5.04. The lowest BCUT2D eigenvalue weighted by Crippen LogP contribution is -2.31. The van der Waals surface area contributed by atoms with Crippen molar-refractivity contribution in [2.24, 2.45) is 29.4 Å². The number of methoxy groups -OCH3 is 1. The zero-order valence-corrected chi connectivity index (χ0v) is 21.7. The molecule has 1 saturated carbocycles. The Morgan fingerprint density at radius 2 is 2.00 bits per heavy atom. The number of aryl methyl sites for hydroxylation is 1. The molecule has 2 unspecified atom stereocenters. The van der Waals surface area contributed by atoms with Crippen LogP contribution in [0.5, 0.6) is 5.75 Å². The molecule has 8 nitrogen and oxygen atoms in total. The summed E-state index contributed by atoms with van der Waals surface area (Å²) >= 11 is 5.85. The van der Waals surface area contributed by atoms with Gasteiger partial charge in [0.2, 0.25) is 0 Å². The van der Waals surface area contributed by atoms with Crippen LogP contribution in [0.2, 0.25) is 5.02 Å². The van der Waals surface area contributed by atoms with Crippen molar-refractivity contribution in [1.82, 2.24) is 9.78 Å². The summed E-state index contributed by atoms with van der Waals surface area (Å²) in [6, 6.07) is 10.1. The van der Waals surface area contributed by atoms with Gasteiger partial charge in [0, 0.05) is 37.2 Å². The van der Waals surface area contributed by atoms with Gasteiger partial charge >= 0.3 is 0 Å². The van der Waals surface area contributed by atoms with Crippen molar-refractivity contribution < 1.29 is 13.9 Å². The molecule has 2 aromatic carbocycles. The molecule has 37 heavy (non-hydrogen) atoms. The first-order valence-corrected chi connectivity index (χ1v) is 12.2. The molecule has 3 aromatic rings. The first-order valence-electron chi connectivity index (χ1n) is 11.9. The maximum atomic E-state index is 13.5. The largest absolute Gasteiger partial charge is 0.496 e. The number of ether oxygens (including phenoxy) is 1. The number of anilines is 1. The minimum Gasteiger partial charge on any atom is -0.496 e. The summed E-state index contributed by atoms with van der Waals surface area (Å²) in [6.07, 6.45) is 6.15. The second kappa shape index (κ2) is 11.0. The monoisotopic (exact) mass is 524 g/mol. The molecule has 2 atom stereocenters. The fraction of sp³-hybridized carbons (Fsp3) is 0.296. The van der Waals surface area contributed by atoms with E-state index in [9.17, 15) is 9.18 Å². The molecule has 0 aliphatic heterocycles. The van der Waals surface area contributed by atoms with Gasteiger partial charge in [-0.2, -0.15) is 5.10 Å². The van der Waals surface area contributed by atoms with Crippen LogP contribution in [-0.4, -0.2) is 35.7 Å². The summed E-state index contributed by atoms with van der Waals surface area (Å²) in [5, 5.41) is 6.84. The number of halogens is 2. The molecule has 1 aromatic heterocycles. The number of aliphatic imine (C=N–C) groups is 1. The number of carbonyl (C=O) groups excluding carboxylic acids is 1. The second-order valence-corrected chi connectivity index (χ2v) is 9.50. The number of nitrogens with one attached hydrogen (secondary N) is 1. The van der Waals surface area contributed by atoms with Gasteiger partial charge in [0.1, 0.15) is 23.0 Å². The maximum absolute atomic E-state index is 13.5. The Morgan fingerprint density at radius 1 is 1.22 bits per heavy atom. The number of hydrogen-bond acceptors (Lipinski definition) is 5. The molecule has 0 bridgehead atoms. The van der Waals surface area contributed by atoms with E-state index in [0.29, 0.717) is 11.4 Å². The normalized spacial score (nSPS) is 18.5. The van der Waals surface area contributed by atoms with E-state index in [1.807, 2.05) is 25.5 Å². The predicted molar refractivity (Wildman–Crippen MR) is 144 cm³/mol. The van der Waals surface area contributed by atoms with Gasteiger partial charge in [-0.05, 0) is 66.5 Å². The number of amidine groups is 1. The number of nitrogens with two attached hydrogens (primary N) is 2. The molecule has 1 fully saturated rings. The Morgan fingerprint density at radius 3 is 2.65 bits per heavy atom. The van der Waals surface area contributed by atoms with Crippen molar-refractivity contribution in [2.75, 3.05) is 19.5 Å². The average Bonchev–Trinajstić information content (AvgIpc) is 3.55. The van der Waals surface area contributed by atoms with Crippen molar-refractivity contribution in [3.05, 3.63) is 76.5 Å². The number of allylic oxidation sites excluding steroid dienone is 1. The highest BCUT2D eigenvalue weighted by atomic mass is 35.5. The Hall–Kier alpha value is -3.85. The number of nitrogens with zero attached hydrogens (tertiary/aromatic N) is 3. The second-order valence-electron chi connectivity index (χ2n) is 9.09. The molecular formula is C27H30ClFN6O2. The third-order valence-electron chi connectivity index (χ3n) is 6.77. The molecule has 1 amide bonds. The summed E-state index contributed by atoms with van der Waals surface area (Å²) < 4.78 is 21.0. The number of hydrogen-bond donors (Lipinski definition) is 3. The molecule has 0 radical (unpaired) electrons. The van der Waals surface area contributed by atoms with Gasteiger partial charge in [0.05, 0.1) is 18.3 Å². The topological polar surface area (TPSA) is 121 Å². The van der Waals surface area contributed by atoms with Crippen LogP contribution < -0.4 is 21.5 Å². The van der Waals surface area contributed by atoms with E-state index >= 15 is 0 Å². The van der Waals surface area contributed by atoms with Crippen molar-refractivity contribution >= 4 is 29.0 Å². The molecule has 0 spiro atoms. The molecular weight excluding hydrogens is 495 g/mol. The van der Waals surface area contributed by atoms with E-state index in [1.54, 1.807) is 11.8 Å². The van der Waals surface area contributed by atoms with Crippen molar-refractivity contribution in [1.29, 1.82) is 0 Å². The summed E-state index contributed by atoms with van der Waals surface area (Å²) in [4.78, 5) is 17.2. The molecule has 1 heterocycles. The van der Waals surface area contributed by atoms with Gasteiger partial charge in [0.15, 0.2) is 0 Å². The van der Waals surface area contributed by atoms with Crippen LogP contribution >= 0.6 is 11.6 Å². The number of aromatic nitrogens is 2. The third-order valence-corrected chi connectivity index (χ3v) is 7.06. The minimum atomic E-state index is -0.578. The predicted octanol–water partition coefficient (Wildman–Crippen LogP) is 4.61. The smallest absolute Gasteiger partial charge is 0.261 e. The highest BCUT2D eigenvalue weighted by Crippen LogP contribution is 2.45. The molecule has 0 saturated heterocycles. The molecule has 5 N–H and O–H groups in total. The van der Waals surface area contributed by atoms with Crippen LogP contribution in [0.3, 0.4) is 0 Å². The van der Waals surface area contributed by atoms with E-state index in [4.69, 9.17) is 27.8 Å². The Bertz CT molecular complexity index is 1380. The Balaban J connectivity index is 1.57. The lowest BCUT2D eigenvalue weighted by atomic mass is 9.92. The summed E-state index contributed by atoms with van der Waals surface area (Å²) in [6.45, 7) is 0. The SMILES string of the molecule is CN=C(N)/C(C(=O)Nc1ccc(F)c(Cl)c1)=C(\N)C1CCC(c2ccc(-c3cnn(C)c3)cc2OC)C1. The van der Waals surface area contributed by atoms with E-state index in [1.165, 1.54) is 25.2 Å². The summed E-state index contributed by atoms with van der Waals surface area (Å²) in [5.74, 6) is -0.150. The molecule has 1 aliphatic carbocycles. The Labute approximate surface area is 220 Å². The first-order chi connectivity index (χ1) is 17.7. The standard InChI is InChI=1S/C27H30ClFN6O2/c1-32-26(31)24(27(36)34-19-7-9-22(29)21(28)12-19)25(30)17-5-4-16(10-17)20-8-6-15(11-23(20)37-3)18-13-33-35(2)14-18/h6-9,11-14,16-17H,4-5,10,30H2,1-3H3,(H2,31,32)(H,34,36)/b25-24+. The lowest BCUT2D eigenvalue weighted by molar-refractivity contribution is -0.112. The Kier molecular flexibility index (Phi) is 7.83. The zero-order valence-electron chi connectivity index (χ0n) is 21.0. The van der Waals surface area contributed by atoms with Gasteiger partial charge in [-0.25, -0.2) is 4.39 Å². The fourth-order valence-corrected chi connectivity index (χ4v) is 5.00. The van der Waals surface area contributed by atoms with Gasteiger partial charge < -0.3 is 21.5 Å². The fourth-order valence-electron chi connectivity index (χ4n) is 4.82. The quantitative estimate of drug-likeness (QED) is 0.237. The van der Waals surface area contributed by atoms with Crippen molar-refractivity contribution in [3.63, 3.8) is 0 Å². The molecule has 10 heteroatoms. The number of rotatable bonds is 7. The highest BCUT2D eigenvalue weighted by molar-refractivity contribution is 6.31. The van der Waals surface area contributed by atoms with Crippen molar-refractivity contribution in [3.8, 4) is 16.9 Å². The molecule has 1 aliphatic rings. The van der Waals surface area contributed by atoms with Crippen LogP contribution in [0.25, 0.3) is 11.1 Å². The van der Waals surface area contributed by atoms with E-state index in [0.717, 1.165) is 41.7 Å². The van der Waals surface area contributed by atoms with Gasteiger partial charge in [-0.3, -0.25) is 14.5 Å². The van der Waals surface area contributed by atoms with Crippen LogP contribution in [0.4, 0.5) is 10.1 Å². The zero-order chi connectivity index (χ0) is 26.7. The molecule has 194 valence electrons. The average molecular weight is 525 g/mol. The van der Waals surface area contributed by atoms with E-state index in [2.05, 4.69) is 27.5 Å². The highest BCUT2D eigenvalue weighted by Gasteiger charge is 2.32. The van der Waals surface area contributed by atoms with Crippen LogP contribution in [-0.2, 0) is 11.8 Å². The van der Waals surface area contributed by atoms with Gasteiger partial charge in [-0.15, -0.1) is 0 Å². The number of amides is 1. The first kappa shape index (κ1) is 26.2. The molecule has 4 rings (SSSR count). The maximum Gasteiger partial charge on any atom is 0.261 e. The van der Waals surface area contributed by atoms with E-state index in [-0.39, 0.29) is 28.3 Å². The number of carbonyl (C=O) groups is 1. The van der Waals surface area contributed by atoms with E-state index < -0.39 is 11.7 Å². The van der Waals surface area contributed by atoms with Gasteiger partial charge in [-0.1, -0.05) is 23.7 Å². The third kappa shape index (κ3) is 5.61. The summed E-state index contributed by atoms with van der Waals surface area (Å²) in [5.41, 5.74) is 16.6. The minimum absolute atomic E-state index is 0.0325. The van der Waals surface area contributed by atoms with Crippen molar-refractivity contribution in [2.45, 2.75) is 25.2 Å². The van der Waals surface area contributed by atoms with Gasteiger partial charge in [0.25, 0.3) is 5.91 Å². The lowest BCUT2D eigenvalue weighted by Gasteiger charge is -2.18. The van der Waals surface area contributed by atoms with Crippen LogP contribution in [0.15, 0.2) is 65.1 Å². The number of benzene rings is 2.